The minimum atomic E-state index is -1.41. The van der Waals surface area contributed by atoms with Gasteiger partial charge in [0, 0.05) is 23.2 Å². The van der Waals surface area contributed by atoms with E-state index in [0.29, 0.717) is 10.4 Å². The second kappa shape index (κ2) is 8.18. The summed E-state index contributed by atoms with van der Waals surface area (Å²) in [5.41, 5.74) is -1.13. The van der Waals surface area contributed by atoms with Crippen molar-refractivity contribution >= 4 is 45.5 Å². The molecule has 0 spiro atoms. The van der Waals surface area contributed by atoms with Crippen LogP contribution in [0.15, 0.2) is 67.0 Å². The fourth-order valence-corrected chi connectivity index (χ4v) is 2.64. The number of halogens is 2. The quantitative estimate of drug-likeness (QED) is 0.488. The molecule has 8 nitrogen and oxygen atoms in total. The summed E-state index contributed by atoms with van der Waals surface area (Å²) < 4.78 is 22.9. The zero-order valence-electron chi connectivity index (χ0n) is 14.7. The van der Waals surface area contributed by atoms with Gasteiger partial charge < -0.3 is 19.0 Å². The molecule has 10 heteroatoms. The van der Waals surface area contributed by atoms with Gasteiger partial charge in [-0.15, -0.1) is 0 Å². The molecule has 2 heterocycles. The van der Waals surface area contributed by atoms with Crippen molar-refractivity contribution in [2.75, 3.05) is 0 Å². The fourth-order valence-electron chi connectivity index (χ4n) is 2.48. The molecule has 30 heavy (non-hydrogen) atoms. The molecule has 152 valence electrons. The average Bonchev–Trinajstić information content (AvgIpc) is 2.68. The summed E-state index contributed by atoms with van der Waals surface area (Å²) in [4.78, 5) is 44.0. The molecule has 0 aliphatic carbocycles. The number of hydrogen-bond acceptors (Lipinski definition) is 6. The molecule has 0 aliphatic rings. The van der Waals surface area contributed by atoms with Crippen LogP contribution in [-0.4, -0.2) is 22.2 Å². The first-order chi connectivity index (χ1) is 14.2. The van der Waals surface area contributed by atoms with E-state index in [1.54, 1.807) is 6.07 Å². The minimum absolute atomic E-state index is 0.0278. The van der Waals surface area contributed by atoms with Crippen LogP contribution in [0.25, 0.3) is 21.9 Å². The SMILES string of the molecule is O=C(O)c1cc(=O)c2ccc(Cl)cc2o1.O=C(O)c1cc(=O)c2cccc(F)c2o1. The van der Waals surface area contributed by atoms with Crippen LogP contribution in [0.2, 0.25) is 5.02 Å². The molecule has 0 unspecified atom stereocenters. The van der Waals surface area contributed by atoms with Crippen LogP contribution in [0.5, 0.6) is 0 Å². The summed E-state index contributed by atoms with van der Waals surface area (Å²) in [5, 5.41) is 18.0. The van der Waals surface area contributed by atoms with E-state index in [1.807, 2.05) is 0 Å². The molecule has 2 N–H and O–H groups in total. The first-order valence-corrected chi connectivity index (χ1v) is 8.47. The molecule has 0 amide bonds. The molecule has 0 fully saturated rings. The molecule has 0 bridgehead atoms. The maximum Gasteiger partial charge on any atom is 0.371 e. The zero-order chi connectivity index (χ0) is 22.0. The van der Waals surface area contributed by atoms with Gasteiger partial charge in [0.25, 0.3) is 0 Å². The van der Waals surface area contributed by atoms with Gasteiger partial charge in [-0.2, -0.15) is 0 Å². The summed E-state index contributed by atoms with van der Waals surface area (Å²) >= 11 is 5.69. The molecular formula is C20H10ClFO8. The highest BCUT2D eigenvalue weighted by atomic mass is 35.5. The van der Waals surface area contributed by atoms with E-state index >= 15 is 0 Å². The number of rotatable bonds is 2. The van der Waals surface area contributed by atoms with Crippen molar-refractivity contribution in [3.8, 4) is 0 Å². The third-order valence-corrected chi connectivity index (χ3v) is 4.05. The van der Waals surface area contributed by atoms with Gasteiger partial charge in [0.1, 0.15) is 5.58 Å². The van der Waals surface area contributed by atoms with Gasteiger partial charge in [0.15, 0.2) is 22.3 Å². The van der Waals surface area contributed by atoms with Crippen LogP contribution < -0.4 is 10.9 Å². The summed E-state index contributed by atoms with van der Waals surface area (Å²) in [6, 6.07) is 10.0. The Morgan fingerprint density at radius 3 is 2.07 bits per heavy atom. The summed E-state index contributed by atoms with van der Waals surface area (Å²) in [7, 11) is 0. The van der Waals surface area contributed by atoms with Crippen molar-refractivity contribution < 1.29 is 33.0 Å². The fraction of sp³-hybridized carbons (Fsp3) is 0. The maximum absolute atomic E-state index is 13.2. The van der Waals surface area contributed by atoms with Crippen molar-refractivity contribution in [1.82, 2.24) is 0 Å². The van der Waals surface area contributed by atoms with E-state index < -0.39 is 40.1 Å². The second-order valence-corrected chi connectivity index (χ2v) is 6.25. The first kappa shape index (κ1) is 20.7. The van der Waals surface area contributed by atoms with E-state index in [0.717, 1.165) is 18.2 Å². The van der Waals surface area contributed by atoms with Crippen LogP contribution in [0, 0.1) is 5.82 Å². The number of aromatic carboxylic acids is 2. The monoisotopic (exact) mass is 432 g/mol. The van der Waals surface area contributed by atoms with Crippen LogP contribution in [-0.2, 0) is 0 Å². The van der Waals surface area contributed by atoms with Crippen molar-refractivity contribution in [3.63, 3.8) is 0 Å². The van der Waals surface area contributed by atoms with E-state index in [2.05, 4.69) is 0 Å². The predicted molar refractivity (Wildman–Crippen MR) is 104 cm³/mol. The van der Waals surface area contributed by atoms with E-state index in [9.17, 15) is 23.6 Å². The summed E-state index contributed by atoms with van der Waals surface area (Å²) in [5.74, 6) is -4.41. The molecule has 0 atom stereocenters. The first-order valence-electron chi connectivity index (χ1n) is 8.09. The molecular weight excluding hydrogens is 423 g/mol. The van der Waals surface area contributed by atoms with Gasteiger partial charge in [0.05, 0.1) is 10.8 Å². The predicted octanol–water partition coefficient (Wildman–Crippen LogP) is 3.77. The Hall–Kier alpha value is -3.98. The molecule has 4 aromatic rings. The maximum atomic E-state index is 13.2. The Morgan fingerprint density at radius 2 is 1.43 bits per heavy atom. The van der Waals surface area contributed by atoms with Crippen LogP contribution in [0.3, 0.4) is 0 Å². The van der Waals surface area contributed by atoms with Gasteiger partial charge in [0.2, 0.25) is 11.5 Å². The Balaban J connectivity index is 0.000000171. The van der Waals surface area contributed by atoms with Crippen molar-refractivity contribution in [2.45, 2.75) is 0 Å². The molecule has 0 saturated carbocycles. The van der Waals surface area contributed by atoms with Crippen molar-refractivity contribution in [1.29, 1.82) is 0 Å². The Morgan fingerprint density at radius 1 is 0.833 bits per heavy atom. The van der Waals surface area contributed by atoms with Crippen LogP contribution in [0.4, 0.5) is 4.39 Å². The lowest BCUT2D eigenvalue weighted by atomic mass is 10.2. The van der Waals surface area contributed by atoms with E-state index in [4.69, 9.17) is 30.6 Å². The highest BCUT2D eigenvalue weighted by molar-refractivity contribution is 6.31. The average molecular weight is 433 g/mol. The van der Waals surface area contributed by atoms with Gasteiger partial charge in [-0.3, -0.25) is 9.59 Å². The number of para-hydroxylation sites is 1. The van der Waals surface area contributed by atoms with Crippen LogP contribution >= 0.6 is 11.6 Å². The van der Waals surface area contributed by atoms with Gasteiger partial charge in [-0.1, -0.05) is 17.7 Å². The zero-order valence-corrected chi connectivity index (χ0v) is 15.5. The van der Waals surface area contributed by atoms with E-state index in [1.165, 1.54) is 24.3 Å². The molecule has 2 aromatic carbocycles. The Labute approximate surface area is 170 Å². The summed E-state index contributed by atoms with van der Waals surface area (Å²) in [6.07, 6.45) is 0. The van der Waals surface area contributed by atoms with Crippen molar-refractivity contribution in [3.05, 3.63) is 91.3 Å². The largest absolute Gasteiger partial charge is 0.475 e. The third kappa shape index (κ3) is 4.20. The van der Waals surface area contributed by atoms with Gasteiger partial charge in [-0.25, -0.2) is 14.0 Å². The second-order valence-electron chi connectivity index (χ2n) is 5.82. The highest BCUT2D eigenvalue weighted by Gasteiger charge is 2.13. The Kier molecular flexibility index (Phi) is 5.65. The van der Waals surface area contributed by atoms with E-state index in [-0.39, 0.29) is 16.6 Å². The van der Waals surface area contributed by atoms with Crippen molar-refractivity contribution in [2.24, 2.45) is 0 Å². The van der Waals surface area contributed by atoms with Gasteiger partial charge in [-0.05, 0) is 24.3 Å². The lowest BCUT2D eigenvalue weighted by molar-refractivity contribution is 0.0653. The van der Waals surface area contributed by atoms with Crippen LogP contribution in [0.1, 0.15) is 21.1 Å². The smallest absolute Gasteiger partial charge is 0.371 e. The lowest BCUT2D eigenvalue weighted by Gasteiger charge is -1.99. The molecule has 0 aliphatic heterocycles. The highest BCUT2D eigenvalue weighted by Crippen LogP contribution is 2.18. The van der Waals surface area contributed by atoms with Gasteiger partial charge >= 0.3 is 11.9 Å². The molecule has 4 rings (SSSR count). The molecule has 0 saturated heterocycles. The number of carboxylic acids is 2. The number of fused-ring (bicyclic) bond motifs is 2. The number of carbonyl (C=O) groups is 2. The Bertz CT molecular complexity index is 1420. The lowest BCUT2D eigenvalue weighted by Crippen LogP contribution is -2.06. The minimum Gasteiger partial charge on any atom is -0.475 e. The standard InChI is InChI=1S/C10H5ClO4.C10H5FO4/c11-5-1-2-6-7(12)4-9(10(13)14)15-8(6)3-5;11-6-3-1-2-5-7(12)4-8(10(13)14)15-9(5)6/h2*1-4H,(H,13,14). The number of carboxylic acid groups (broad SMARTS) is 2. The topological polar surface area (TPSA) is 135 Å². The molecule has 0 radical (unpaired) electrons. The normalized spacial score (nSPS) is 10.5. The molecule has 2 aromatic heterocycles. The summed E-state index contributed by atoms with van der Waals surface area (Å²) in [6.45, 7) is 0. The third-order valence-electron chi connectivity index (χ3n) is 3.82. The number of benzene rings is 2. The number of hydrogen-bond donors (Lipinski definition) is 2.